The number of carboxylic acids is 1. The van der Waals surface area contributed by atoms with Gasteiger partial charge < -0.3 is 15.2 Å². The number of hydrogen-bond donors (Lipinski definition) is 2. The highest BCUT2D eigenvalue weighted by Crippen LogP contribution is 2.07. The Balaban J connectivity index is 2.58. The Hall–Kier alpha value is -1.47. The molecule has 1 aromatic heterocycles. The lowest BCUT2D eigenvalue weighted by Crippen LogP contribution is -2.37. The number of ether oxygens (including phenoxy) is 1. The van der Waals surface area contributed by atoms with Gasteiger partial charge in [0.1, 0.15) is 4.60 Å². The van der Waals surface area contributed by atoms with Crippen molar-refractivity contribution in [3.8, 4) is 0 Å². The number of halogens is 1. The molecule has 7 heteroatoms. The van der Waals surface area contributed by atoms with Gasteiger partial charge in [-0.25, -0.2) is 9.78 Å². The van der Waals surface area contributed by atoms with E-state index in [9.17, 15) is 9.59 Å². The minimum Gasteiger partial charge on any atom is -0.479 e. The van der Waals surface area contributed by atoms with Crippen molar-refractivity contribution in [2.24, 2.45) is 0 Å². The van der Waals surface area contributed by atoms with Crippen LogP contribution >= 0.6 is 15.9 Å². The van der Waals surface area contributed by atoms with Gasteiger partial charge in [-0.05, 0) is 28.1 Å². The molecule has 6 nitrogen and oxygen atoms in total. The molecule has 0 aliphatic heterocycles. The second-order valence-corrected chi connectivity index (χ2v) is 3.95. The predicted molar refractivity (Wildman–Crippen MR) is 62.7 cm³/mol. The van der Waals surface area contributed by atoms with Crippen molar-refractivity contribution in [1.82, 2.24) is 10.3 Å². The van der Waals surface area contributed by atoms with Crippen LogP contribution in [0.1, 0.15) is 10.4 Å². The molecule has 0 saturated carbocycles. The fourth-order valence-corrected chi connectivity index (χ4v) is 1.47. The van der Waals surface area contributed by atoms with Crippen LogP contribution in [0, 0.1) is 0 Å². The van der Waals surface area contributed by atoms with Gasteiger partial charge in [0.2, 0.25) is 0 Å². The zero-order valence-corrected chi connectivity index (χ0v) is 10.6. The molecule has 2 N–H and O–H groups in total. The van der Waals surface area contributed by atoms with Crippen molar-refractivity contribution in [3.05, 3.63) is 28.5 Å². The highest BCUT2D eigenvalue weighted by molar-refractivity contribution is 9.10. The molecule has 1 heterocycles. The Labute approximate surface area is 106 Å². The van der Waals surface area contributed by atoms with Crippen molar-refractivity contribution in [1.29, 1.82) is 0 Å². The summed E-state index contributed by atoms with van der Waals surface area (Å²) in [4.78, 5) is 26.2. The molecule has 1 amide bonds. The van der Waals surface area contributed by atoms with Gasteiger partial charge in [0.05, 0.1) is 6.54 Å². The van der Waals surface area contributed by atoms with Gasteiger partial charge in [-0.15, -0.1) is 0 Å². The van der Waals surface area contributed by atoms with Crippen LogP contribution in [0.3, 0.4) is 0 Å². The summed E-state index contributed by atoms with van der Waals surface area (Å²) in [6, 6.07) is 3.07. The van der Waals surface area contributed by atoms with E-state index < -0.39 is 12.1 Å². The Morgan fingerprint density at radius 2 is 2.35 bits per heavy atom. The summed E-state index contributed by atoms with van der Waals surface area (Å²) in [5.41, 5.74) is 0.395. The summed E-state index contributed by atoms with van der Waals surface area (Å²) < 4.78 is 5.22. The number of aromatic nitrogens is 1. The van der Waals surface area contributed by atoms with Crippen molar-refractivity contribution in [2.75, 3.05) is 13.7 Å². The van der Waals surface area contributed by atoms with Gasteiger partial charge in [0.15, 0.2) is 6.10 Å². The van der Waals surface area contributed by atoms with Gasteiger partial charge >= 0.3 is 5.97 Å². The number of nitrogens with zero attached hydrogens (tertiary/aromatic N) is 1. The monoisotopic (exact) mass is 302 g/mol. The predicted octanol–water partition coefficient (Wildman–Crippen LogP) is 0.673. The lowest BCUT2D eigenvalue weighted by Gasteiger charge is -2.11. The number of carbonyl (C=O) groups excluding carboxylic acids is 1. The van der Waals surface area contributed by atoms with Gasteiger partial charge in [-0.1, -0.05) is 0 Å². The fraction of sp³-hybridized carbons (Fsp3) is 0.300. The number of aliphatic carboxylic acids is 1. The molecule has 0 fully saturated rings. The molecule has 17 heavy (non-hydrogen) atoms. The summed E-state index contributed by atoms with van der Waals surface area (Å²) >= 11 is 3.14. The third-order valence-corrected chi connectivity index (χ3v) is 2.43. The zero-order valence-electron chi connectivity index (χ0n) is 9.01. The summed E-state index contributed by atoms with van der Waals surface area (Å²) in [5.74, 6) is -1.50. The molecule has 1 unspecified atom stereocenters. The molecule has 0 saturated heterocycles. The third kappa shape index (κ3) is 4.12. The highest BCUT2D eigenvalue weighted by Gasteiger charge is 2.17. The van der Waals surface area contributed by atoms with E-state index in [4.69, 9.17) is 5.11 Å². The topological polar surface area (TPSA) is 88.5 Å². The van der Waals surface area contributed by atoms with E-state index in [-0.39, 0.29) is 12.5 Å². The Kier molecular flexibility index (Phi) is 5.05. The summed E-state index contributed by atoms with van der Waals surface area (Å²) in [7, 11) is 1.27. The number of rotatable bonds is 5. The number of hydrogen-bond acceptors (Lipinski definition) is 4. The van der Waals surface area contributed by atoms with Crippen LogP contribution in [0.15, 0.2) is 22.9 Å². The van der Waals surface area contributed by atoms with Gasteiger partial charge in [0, 0.05) is 18.9 Å². The van der Waals surface area contributed by atoms with E-state index >= 15 is 0 Å². The summed E-state index contributed by atoms with van der Waals surface area (Å²) in [5, 5.41) is 11.2. The van der Waals surface area contributed by atoms with Crippen LogP contribution in [0.4, 0.5) is 0 Å². The highest BCUT2D eigenvalue weighted by atomic mass is 79.9. The zero-order chi connectivity index (χ0) is 12.8. The average molecular weight is 303 g/mol. The van der Waals surface area contributed by atoms with Gasteiger partial charge in [-0.3, -0.25) is 4.79 Å². The number of carbonyl (C=O) groups is 2. The van der Waals surface area contributed by atoms with Gasteiger partial charge in [0.25, 0.3) is 5.91 Å². The number of methoxy groups -OCH3 is 1. The third-order valence-electron chi connectivity index (χ3n) is 2.00. The molecule has 0 spiro atoms. The fourth-order valence-electron chi connectivity index (χ4n) is 1.10. The maximum Gasteiger partial charge on any atom is 0.334 e. The number of carboxylic acid groups (broad SMARTS) is 1. The van der Waals surface area contributed by atoms with Crippen LogP contribution < -0.4 is 5.32 Å². The van der Waals surface area contributed by atoms with E-state index in [1.165, 1.54) is 25.4 Å². The van der Waals surface area contributed by atoms with E-state index in [2.05, 4.69) is 31.0 Å². The first kappa shape index (κ1) is 13.6. The molecule has 92 valence electrons. The maximum atomic E-state index is 11.6. The number of nitrogens with one attached hydrogen (secondary N) is 1. The molecular formula is C10H11BrN2O4. The molecule has 0 bridgehead atoms. The standard InChI is InChI=1S/C10H11BrN2O4/c1-17-7(10(15)16)5-13-9(14)6-2-3-12-8(11)4-6/h2-4,7H,5H2,1H3,(H,13,14)(H,15,16). The second kappa shape index (κ2) is 6.31. The lowest BCUT2D eigenvalue weighted by atomic mass is 10.2. The Morgan fingerprint density at radius 3 is 2.88 bits per heavy atom. The summed E-state index contributed by atoms with van der Waals surface area (Å²) in [6.07, 6.45) is 0.425. The number of pyridine rings is 1. The van der Waals surface area contributed by atoms with Crippen molar-refractivity contribution < 1.29 is 19.4 Å². The minimum atomic E-state index is -1.12. The quantitative estimate of drug-likeness (QED) is 0.781. The van der Waals surface area contributed by atoms with E-state index in [1.54, 1.807) is 0 Å². The molecule has 1 aromatic rings. The van der Waals surface area contributed by atoms with Crippen LogP contribution in [0.5, 0.6) is 0 Å². The smallest absolute Gasteiger partial charge is 0.334 e. The first-order valence-corrected chi connectivity index (χ1v) is 5.49. The summed E-state index contributed by atoms with van der Waals surface area (Å²) in [6.45, 7) is -0.0927. The van der Waals surface area contributed by atoms with Crippen molar-refractivity contribution >= 4 is 27.8 Å². The van der Waals surface area contributed by atoms with Crippen molar-refractivity contribution in [3.63, 3.8) is 0 Å². The SMILES string of the molecule is COC(CNC(=O)c1ccnc(Br)c1)C(=O)O. The molecule has 0 aliphatic carbocycles. The first-order chi connectivity index (χ1) is 8.04. The molecular weight excluding hydrogens is 292 g/mol. The average Bonchev–Trinajstić information content (AvgIpc) is 2.29. The molecule has 1 rings (SSSR count). The second-order valence-electron chi connectivity index (χ2n) is 3.14. The molecule has 0 aliphatic rings. The van der Waals surface area contributed by atoms with Gasteiger partial charge in [-0.2, -0.15) is 0 Å². The van der Waals surface area contributed by atoms with Crippen LogP contribution in [0.2, 0.25) is 0 Å². The van der Waals surface area contributed by atoms with E-state index in [1.807, 2.05) is 0 Å². The van der Waals surface area contributed by atoms with E-state index in [0.717, 1.165) is 0 Å². The molecule has 0 radical (unpaired) electrons. The maximum absolute atomic E-state index is 11.6. The van der Waals surface area contributed by atoms with Crippen LogP contribution in [-0.2, 0) is 9.53 Å². The van der Waals surface area contributed by atoms with Crippen LogP contribution in [-0.4, -0.2) is 41.7 Å². The largest absolute Gasteiger partial charge is 0.479 e. The number of amides is 1. The minimum absolute atomic E-state index is 0.0927. The van der Waals surface area contributed by atoms with Crippen LogP contribution in [0.25, 0.3) is 0 Å². The molecule has 1 atom stereocenters. The first-order valence-electron chi connectivity index (χ1n) is 4.70. The lowest BCUT2D eigenvalue weighted by molar-refractivity contribution is -0.148. The normalized spacial score (nSPS) is 11.9. The Bertz CT molecular complexity index is 425. The molecule has 0 aromatic carbocycles. The van der Waals surface area contributed by atoms with Crippen molar-refractivity contribution in [2.45, 2.75) is 6.10 Å². The van der Waals surface area contributed by atoms with E-state index in [0.29, 0.717) is 10.2 Å². The Morgan fingerprint density at radius 1 is 1.65 bits per heavy atom.